The van der Waals surface area contributed by atoms with Gasteiger partial charge < -0.3 is 30.4 Å². The minimum Gasteiger partial charge on any atom is -0.465 e. The lowest BCUT2D eigenvalue weighted by Gasteiger charge is -2.14. The van der Waals surface area contributed by atoms with Crippen molar-refractivity contribution in [2.45, 2.75) is 65.3 Å². The Hall–Kier alpha value is -3.72. The quantitative estimate of drug-likeness (QED) is 0.139. The first-order valence-electron chi connectivity index (χ1n) is 15.1. The lowest BCUT2D eigenvalue weighted by molar-refractivity contribution is -0.142. The van der Waals surface area contributed by atoms with Gasteiger partial charge in [-0.25, -0.2) is 0 Å². The molecule has 4 N–H and O–H groups in total. The first-order chi connectivity index (χ1) is 20.5. The molecule has 1 aliphatic heterocycles. The van der Waals surface area contributed by atoms with Crippen molar-refractivity contribution in [1.29, 1.82) is 0 Å². The van der Waals surface area contributed by atoms with E-state index in [1.807, 2.05) is 13.8 Å². The van der Waals surface area contributed by atoms with Crippen LogP contribution in [0.5, 0.6) is 0 Å². The Morgan fingerprint density at radius 1 is 1.10 bits per heavy atom. The molecular weight excluding hydrogens is 528 g/mol. The van der Waals surface area contributed by atoms with E-state index in [1.165, 1.54) is 16.6 Å². The Morgan fingerprint density at radius 2 is 1.95 bits per heavy atom. The molecule has 0 unspecified atom stereocenters. The maximum atomic E-state index is 13.3. The summed E-state index contributed by atoms with van der Waals surface area (Å²) in [4.78, 5) is 25.6. The van der Waals surface area contributed by atoms with Gasteiger partial charge in [0, 0.05) is 41.4 Å². The van der Waals surface area contributed by atoms with E-state index in [2.05, 4.69) is 57.7 Å². The number of benzene rings is 3. The van der Waals surface area contributed by atoms with Crippen LogP contribution in [0.4, 0.5) is 0 Å². The average molecular weight is 569 g/mol. The molecule has 0 radical (unpaired) electrons. The van der Waals surface area contributed by atoms with E-state index in [0.29, 0.717) is 39.3 Å². The zero-order valence-corrected chi connectivity index (χ0v) is 24.6. The van der Waals surface area contributed by atoms with Gasteiger partial charge in [0.15, 0.2) is 0 Å². The Labute approximate surface area is 246 Å². The number of nitrogens with one attached hydrogen (secondary N) is 2. The standard InChI is InChI=1S/C34H40N4O4/c1-21(2)42-20-22-10-11-28-25(16-22)31-27-18-37-34(40)32(27)30-24-9-4-3-8-23(24)17-26(30)33(31)38(28)14-7-15-41-29(39)19-36-13-6-5-12-35/h3-4,8-11,16,21,36H,5-7,12-15,17-20,35H2,1-2H3,(H,37,40). The summed E-state index contributed by atoms with van der Waals surface area (Å²) in [6.45, 7) is 7.80. The van der Waals surface area contributed by atoms with E-state index >= 15 is 0 Å². The summed E-state index contributed by atoms with van der Waals surface area (Å²) in [5.41, 5.74) is 15.5. The van der Waals surface area contributed by atoms with E-state index in [4.69, 9.17) is 15.2 Å². The first-order valence-corrected chi connectivity index (χ1v) is 15.1. The molecule has 0 saturated heterocycles. The molecule has 0 saturated carbocycles. The van der Waals surface area contributed by atoms with Crippen molar-refractivity contribution < 1.29 is 19.1 Å². The third kappa shape index (κ3) is 5.30. The second kappa shape index (κ2) is 12.3. The second-order valence-electron chi connectivity index (χ2n) is 11.6. The van der Waals surface area contributed by atoms with Crippen LogP contribution in [0.15, 0.2) is 42.5 Å². The Kier molecular flexibility index (Phi) is 8.29. The molecule has 0 spiro atoms. The van der Waals surface area contributed by atoms with Gasteiger partial charge in [-0.05, 0) is 86.1 Å². The number of amides is 1. The SMILES string of the molecule is CC(C)OCc1ccc2c(c1)c1c3c(c4c(c1n2CCCOC(=O)CNCCCCN)Cc1ccccc1-4)C(=O)NC3. The van der Waals surface area contributed by atoms with Crippen molar-refractivity contribution in [3.8, 4) is 11.1 Å². The summed E-state index contributed by atoms with van der Waals surface area (Å²) in [7, 11) is 0. The van der Waals surface area contributed by atoms with Crippen LogP contribution >= 0.6 is 0 Å². The van der Waals surface area contributed by atoms with Crippen LogP contribution in [0, 0.1) is 0 Å². The third-order valence-corrected chi connectivity index (χ3v) is 8.33. The Balaban J connectivity index is 1.37. The lowest BCUT2D eigenvalue weighted by atomic mass is 9.92. The number of ether oxygens (including phenoxy) is 2. The highest BCUT2D eigenvalue weighted by molar-refractivity contribution is 6.20. The molecule has 4 aromatic rings. The van der Waals surface area contributed by atoms with Crippen LogP contribution in [0.3, 0.4) is 0 Å². The number of carbonyl (C=O) groups excluding carboxylic acids is 2. The molecule has 220 valence electrons. The van der Waals surface area contributed by atoms with Crippen LogP contribution < -0.4 is 16.4 Å². The maximum absolute atomic E-state index is 13.3. The maximum Gasteiger partial charge on any atom is 0.319 e. The van der Waals surface area contributed by atoms with Crippen molar-refractivity contribution in [3.05, 3.63) is 70.3 Å². The minimum absolute atomic E-state index is 0.00333. The van der Waals surface area contributed by atoms with Gasteiger partial charge in [0.1, 0.15) is 0 Å². The predicted octanol–water partition coefficient (Wildman–Crippen LogP) is 4.80. The minimum atomic E-state index is -0.237. The molecule has 42 heavy (non-hydrogen) atoms. The molecule has 0 fully saturated rings. The summed E-state index contributed by atoms with van der Waals surface area (Å²) >= 11 is 0. The normalized spacial score (nSPS) is 13.6. The third-order valence-electron chi connectivity index (χ3n) is 8.33. The van der Waals surface area contributed by atoms with E-state index in [1.54, 1.807) is 0 Å². The number of nitrogens with zero attached hydrogens (tertiary/aromatic N) is 1. The molecule has 3 aromatic carbocycles. The van der Waals surface area contributed by atoms with E-state index in [9.17, 15) is 9.59 Å². The summed E-state index contributed by atoms with van der Waals surface area (Å²) in [5.74, 6) is -0.234. The van der Waals surface area contributed by atoms with Gasteiger partial charge in [-0.3, -0.25) is 9.59 Å². The van der Waals surface area contributed by atoms with Crippen LogP contribution in [0.1, 0.15) is 65.7 Å². The molecule has 8 nitrogen and oxygen atoms in total. The molecule has 1 amide bonds. The Bertz CT molecular complexity index is 1660. The van der Waals surface area contributed by atoms with Gasteiger partial charge in [-0.1, -0.05) is 30.3 Å². The molecule has 6 rings (SSSR count). The number of nitrogens with two attached hydrogens (primary N) is 1. The van der Waals surface area contributed by atoms with Gasteiger partial charge in [0.25, 0.3) is 5.91 Å². The van der Waals surface area contributed by atoms with Gasteiger partial charge in [0.05, 0.1) is 36.9 Å². The van der Waals surface area contributed by atoms with Gasteiger partial charge >= 0.3 is 5.97 Å². The molecule has 2 heterocycles. The molecular formula is C34H40N4O4. The zero-order chi connectivity index (χ0) is 29.2. The number of hydrogen-bond acceptors (Lipinski definition) is 6. The first kappa shape index (κ1) is 28.4. The zero-order valence-electron chi connectivity index (χ0n) is 24.6. The summed E-state index contributed by atoms with van der Waals surface area (Å²) in [6.07, 6.45) is 3.50. The van der Waals surface area contributed by atoms with Crippen molar-refractivity contribution in [3.63, 3.8) is 0 Å². The number of hydrogen-bond donors (Lipinski definition) is 3. The number of unbranched alkanes of at least 4 members (excludes halogenated alkanes) is 1. The topological polar surface area (TPSA) is 108 Å². The number of fused-ring (bicyclic) bond motifs is 10. The number of aryl methyl sites for hydroxylation is 1. The molecule has 1 aromatic heterocycles. The fourth-order valence-corrected chi connectivity index (χ4v) is 6.46. The van der Waals surface area contributed by atoms with Gasteiger partial charge in [-0.15, -0.1) is 0 Å². The van der Waals surface area contributed by atoms with E-state index in [0.717, 1.165) is 69.9 Å². The predicted molar refractivity (Wildman–Crippen MR) is 166 cm³/mol. The molecule has 8 heteroatoms. The molecule has 1 aliphatic carbocycles. The molecule has 0 bridgehead atoms. The number of carbonyl (C=O) groups is 2. The van der Waals surface area contributed by atoms with E-state index < -0.39 is 0 Å². The lowest BCUT2D eigenvalue weighted by Crippen LogP contribution is -2.26. The smallest absolute Gasteiger partial charge is 0.319 e. The summed E-state index contributed by atoms with van der Waals surface area (Å²) in [6, 6.07) is 15.0. The fourth-order valence-electron chi connectivity index (χ4n) is 6.46. The Morgan fingerprint density at radius 3 is 2.79 bits per heavy atom. The van der Waals surface area contributed by atoms with Crippen molar-refractivity contribution in [2.75, 3.05) is 26.2 Å². The van der Waals surface area contributed by atoms with Crippen LogP contribution in [-0.4, -0.2) is 48.8 Å². The fraction of sp³-hybridized carbons (Fsp3) is 0.412. The molecule has 0 atom stereocenters. The second-order valence-corrected chi connectivity index (χ2v) is 11.6. The highest BCUT2D eigenvalue weighted by Crippen LogP contribution is 2.48. The highest BCUT2D eigenvalue weighted by Gasteiger charge is 2.35. The average Bonchev–Trinajstić information content (AvgIpc) is 3.65. The summed E-state index contributed by atoms with van der Waals surface area (Å²) < 4.78 is 13.9. The largest absolute Gasteiger partial charge is 0.465 e. The van der Waals surface area contributed by atoms with Gasteiger partial charge in [-0.2, -0.15) is 0 Å². The van der Waals surface area contributed by atoms with Crippen LogP contribution in [0.25, 0.3) is 32.9 Å². The molecule has 2 aliphatic rings. The summed E-state index contributed by atoms with van der Waals surface area (Å²) in [5, 5.41) is 8.53. The van der Waals surface area contributed by atoms with Crippen molar-refractivity contribution in [2.24, 2.45) is 5.73 Å². The van der Waals surface area contributed by atoms with Crippen LogP contribution in [0.2, 0.25) is 0 Å². The number of aromatic nitrogens is 1. The van der Waals surface area contributed by atoms with Crippen molar-refractivity contribution >= 4 is 33.7 Å². The highest BCUT2D eigenvalue weighted by atomic mass is 16.5. The van der Waals surface area contributed by atoms with E-state index in [-0.39, 0.29) is 24.5 Å². The van der Waals surface area contributed by atoms with Gasteiger partial charge in [0.2, 0.25) is 0 Å². The number of rotatable bonds is 13. The van der Waals surface area contributed by atoms with Crippen molar-refractivity contribution in [1.82, 2.24) is 15.2 Å². The van der Waals surface area contributed by atoms with Crippen LogP contribution in [-0.2, 0) is 40.4 Å². The monoisotopic (exact) mass is 568 g/mol. The number of esters is 1.